The highest BCUT2D eigenvalue weighted by Gasteiger charge is 2.32. The number of nitrogens with one attached hydrogen (secondary N) is 1. The highest BCUT2D eigenvalue weighted by Crippen LogP contribution is 2.40. The van der Waals surface area contributed by atoms with Crippen LogP contribution in [-0.4, -0.2) is 32.6 Å². The van der Waals surface area contributed by atoms with E-state index in [4.69, 9.17) is 16.9 Å². The van der Waals surface area contributed by atoms with Crippen molar-refractivity contribution in [2.24, 2.45) is 10.7 Å². The molecule has 0 aromatic carbocycles. The van der Waals surface area contributed by atoms with Crippen LogP contribution in [0.3, 0.4) is 0 Å². The molecule has 142 valence electrons. The first kappa shape index (κ1) is 19.4. The second kappa shape index (κ2) is 8.10. The Hall–Kier alpha value is -3.38. The van der Waals surface area contributed by atoms with Crippen LogP contribution in [0.5, 0.6) is 5.88 Å². The smallest absolute Gasteiger partial charge is 0.275 e. The number of amidine groups is 1. The molecular formula is C19H18N6O2S. The van der Waals surface area contributed by atoms with Crippen molar-refractivity contribution >= 4 is 28.5 Å². The Morgan fingerprint density at radius 3 is 2.93 bits per heavy atom. The molecule has 3 heterocycles. The van der Waals surface area contributed by atoms with Crippen molar-refractivity contribution in [3.63, 3.8) is 0 Å². The quantitative estimate of drug-likeness (QED) is 0.748. The molecule has 2 aromatic heterocycles. The number of carbonyl (C=O) groups excluding carboxylic acids is 1. The fourth-order valence-corrected chi connectivity index (χ4v) is 3.56. The number of hydrogen-bond donors (Lipinski definition) is 2. The number of aliphatic imine (C=N–C) groups is 1. The molecular weight excluding hydrogens is 376 g/mol. The first-order valence-electron chi connectivity index (χ1n) is 8.26. The highest BCUT2D eigenvalue weighted by atomic mass is 32.2. The van der Waals surface area contributed by atoms with Gasteiger partial charge in [-0.2, -0.15) is 0 Å². The average molecular weight is 394 g/mol. The number of hydrogen-bond acceptors (Lipinski definition) is 8. The minimum Gasteiger partial charge on any atom is -0.463 e. The van der Waals surface area contributed by atoms with Gasteiger partial charge in [-0.15, -0.1) is 6.42 Å². The number of nitrogens with zero attached hydrogens (tertiary/aromatic N) is 4. The summed E-state index contributed by atoms with van der Waals surface area (Å²) in [6.45, 7) is 6.03. The Kier molecular flexibility index (Phi) is 5.61. The maximum Gasteiger partial charge on any atom is 0.275 e. The molecule has 2 aromatic rings. The van der Waals surface area contributed by atoms with E-state index >= 15 is 0 Å². The van der Waals surface area contributed by atoms with Crippen LogP contribution in [0, 0.1) is 12.3 Å². The van der Waals surface area contributed by atoms with Crippen LogP contribution in [0.4, 0.5) is 5.69 Å². The van der Waals surface area contributed by atoms with Gasteiger partial charge < -0.3 is 15.8 Å². The van der Waals surface area contributed by atoms with Crippen LogP contribution >= 0.6 is 11.8 Å². The molecule has 1 atom stereocenters. The van der Waals surface area contributed by atoms with Crippen LogP contribution in [0.15, 0.2) is 47.3 Å². The number of aromatic nitrogens is 3. The third-order valence-electron chi connectivity index (χ3n) is 3.93. The van der Waals surface area contributed by atoms with E-state index in [2.05, 4.69) is 37.8 Å². The van der Waals surface area contributed by atoms with E-state index < -0.39 is 11.4 Å². The van der Waals surface area contributed by atoms with Crippen molar-refractivity contribution in [2.45, 2.75) is 18.9 Å². The summed E-state index contributed by atoms with van der Waals surface area (Å²) in [7, 11) is 0. The van der Waals surface area contributed by atoms with Crippen molar-refractivity contribution in [2.75, 3.05) is 11.9 Å². The predicted octanol–water partition coefficient (Wildman–Crippen LogP) is 2.32. The van der Waals surface area contributed by atoms with E-state index in [1.807, 2.05) is 13.0 Å². The summed E-state index contributed by atoms with van der Waals surface area (Å²) >= 11 is 1.36. The van der Waals surface area contributed by atoms with Crippen LogP contribution in [-0.2, 0) is 5.54 Å². The molecule has 0 saturated heterocycles. The lowest BCUT2D eigenvalue weighted by Crippen LogP contribution is -2.28. The van der Waals surface area contributed by atoms with Crippen molar-refractivity contribution < 1.29 is 9.53 Å². The molecule has 1 amide bonds. The number of amides is 1. The molecule has 0 aliphatic carbocycles. The lowest BCUT2D eigenvalue weighted by molar-refractivity contribution is 0.102. The molecule has 0 unspecified atom stereocenters. The number of nitrogens with two attached hydrogens (primary N) is 1. The standard InChI is InChI=1S/C19H18N6O2S/c1-4-5-27-16-11-22-15(10-23-16)17(26)24-14-6-13(8-21-9-14)19(3)7-12(2)28-18(20)25-19/h1,6,8-11H,2,5,7H2,3H3,(H2,20,25)(H,24,26)/t19-/m0/s1. The summed E-state index contributed by atoms with van der Waals surface area (Å²) < 4.78 is 5.14. The van der Waals surface area contributed by atoms with Gasteiger partial charge in [0.15, 0.2) is 11.8 Å². The van der Waals surface area contributed by atoms with Gasteiger partial charge in [-0.05, 0) is 17.9 Å². The summed E-state index contributed by atoms with van der Waals surface area (Å²) in [6.07, 6.45) is 11.6. The summed E-state index contributed by atoms with van der Waals surface area (Å²) in [5.74, 6) is 2.15. The average Bonchev–Trinajstić information content (AvgIpc) is 2.66. The zero-order chi connectivity index (χ0) is 20.1. The number of ether oxygens (including phenoxy) is 1. The van der Waals surface area contributed by atoms with Gasteiger partial charge in [0, 0.05) is 18.2 Å². The van der Waals surface area contributed by atoms with E-state index in [1.54, 1.807) is 12.4 Å². The number of anilines is 1. The number of pyridine rings is 1. The van der Waals surface area contributed by atoms with E-state index in [-0.39, 0.29) is 18.2 Å². The predicted molar refractivity (Wildman–Crippen MR) is 109 cm³/mol. The monoisotopic (exact) mass is 394 g/mol. The molecule has 0 bridgehead atoms. The van der Waals surface area contributed by atoms with E-state index in [0.717, 1.165) is 10.5 Å². The van der Waals surface area contributed by atoms with Crippen LogP contribution < -0.4 is 15.8 Å². The molecule has 8 nitrogen and oxygen atoms in total. The summed E-state index contributed by atoms with van der Waals surface area (Å²) in [5.41, 5.74) is 6.78. The van der Waals surface area contributed by atoms with Gasteiger partial charge in [-0.25, -0.2) is 9.97 Å². The molecule has 0 spiro atoms. The fraction of sp³-hybridized carbons (Fsp3) is 0.211. The van der Waals surface area contributed by atoms with E-state index in [1.165, 1.54) is 24.2 Å². The lowest BCUT2D eigenvalue weighted by Gasteiger charge is -2.30. The third-order valence-corrected chi connectivity index (χ3v) is 4.66. The Bertz CT molecular complexity index is 983. The van der Waals surface area contributed by atoms with Crippen LogP contribution in [0.25, 0.3) is 0 Å². The fourth-order valence-electron chi connectivity index (χ4n) is 2.66. The minimum absolute atomic E-state index is 0.0787. The van der Waals surface area contributed by atoms with Crippen molar-refractivity contribution in [1.82, 2.24) is 15.0 Å². The highest BCUT2D eigenvalue weighted by molar-refractivity contribution is 8.17. The van der Waals surface area contributed by atoms with Crippen molar-refractivity contribution in [3.05, 3.63) is 53.6 Å². The van der Waals surface area contributed by atoms with E-state index in [9.17, 15) is 4.79 Å². The molecule has 0 fully saturated rings. The van der Waals surface area contributed by atoms with Gasteiger partial charge in [0.1, 0.15) is 5.69 Å². The zero-order valence-corrected chi connectivity index (χ0v) is 16.0. The molecule has 1 aliphatic rings. The molecule has 28 heavy (non-hydrogen) atoms. The maximum absolute atomic E-state index is 12.4. The van der Waals surface area contributed by atoms with Gasteiger partial charge in [-0.1, -0.05) is 24.3 Å². The molecule has 0 radical (unpaired) electrons. The minimum atomic E-state index is -0.587. The van der Waals surface area contributed by atoms with Gasteiger partial charge in [0.05, 0.1) is 29.8 Å². The van der Waals surface area contributed by atoms with Crippen LogP contribution in [0.2, 0.25) is 0 Å². The Morgan fingerprint density at radius 2 is 2.25 bits per heavy atom. The SMILES string of the molecule is C#CCOc1cnc(C(=O)Nc2cncc([C@]3(C)CC(=C)SC(N)=N3)c2)cn1. The molecule has 1 aliphatic heterocycles. The van der Waals surface area contributed by atoms with Gasteiger partial charge >= 0.3 is 0 Å². The van der Waals surface area contributed by atoms with Crippen molar-refractivity contribution in [3.8, 4) is 18.2 Å². The third kappa shape index (κ3) is 4.47. The maximum atomic E-state index is 12.4. The van der Waals surface area contributed by atoms with E-state index in [0.29, 0.717) is 17.3 Å². The topological polar surface area (TPSA) is 115 Å². The summed E-state index contributed by atoms with van der Waals surface area (Å²) in [4.78, 5) is 30.1. The Balaban J connectivity index is 1.76. The van der Waals surface area contributed by atoms with Gasteiger partial charge in [0.2, 0.25) is 5.88 Å². The van der Waals surface area contributed by atoms with Gasteiger partial charge in [0.25, 0.3) is 5.91 Å². The number of carbonyl (C=O) groups is 1. The van der Waals surface area contributed by atoms with Gasteiger partial charge in [-0.3, -0.25) is 14.8 Å². The molecule has 9 heteroatoms. The molecule has 3 rings (SSSR count). The zero-order valence-electron chi connectivity index (χ0n) is 15.2. The van der Waals surface area contributed by atoms with Crippen LogP contribution in [0.1, 0.15) is 29.4 Å². The molecule has 3 N–H and O–H groups in total. The largest absolute Gasteiger partial charge is 0.463 e. The number of rotatable bonds is 5. The first-order valence-corrected chi connectivity index (χ1v) is 9.07. The number of terminal acetylenes is 1. The summed E-state index contributed by atoms with van der Waals surface area (Å²) in [5, 5.41) is 3.21. The lowest BCUT2D eigenvalue weighted by atomic mass is 9.90. The first-order chi connectivity index (χ1) is 13.4. The summed E-state index contributed by atoms with van der Waals surface area (Å²) in [6, 6.07) is 1.81. The normalized spacial score (nSPS) is 18.7. The Labute approximate surface area is 166 Å². The second-order valence-corrected chi connectivity index (χ2v) is 7.39. The number of thioether (sulfide) groups is 1. The van der Waals surface area contributed by atoms with Crippen molar-refractivity contribution in [1.29, 1.82) is 0 Å². The second-order valence-electron chi connectivity index (χ2n) is 6.19. The Morgan fingerprint density at radius 1 is 1.43 bits per heavy atom. The molecule has 0 saturated carbocycles.